The molecule has 2 heterocycles. The van der Waals surface area contributed by atoms with Gasteiger partial charge in [0.25, 0.3) is 0 Å². The number of pyridine rings is 2. The van der Waals surface area contributed by atoms with Gasteiger partial charge in [0, 0.05) is 18.6 Å². The van der Waals surface area contributed by atoms with E-state index in [1.54, 1.807) is 24.7 Å². The van der Waals surface area contributed by atoms with Gasteiger partial charge in [0.05, 0.1) is 21.8 Å². The molecule has 1 atom stereocenters. The fourth-order valence-corrected chi connectivity index (χ4v) is 2.18. The fraction of sp³-hybridized carbons (Fsp3) is 0.167. The van der Waals surface area contributed by atoms with Crippen LogP contribution in [0.1, 0.15) is 17.3 Å². The zero-order chi connectivity index (χ0) is 13.0. The molecule has 0 spiro atoms. The molecule has 0 fully saturated rings. The summed E-state index contributed by atoms with van der Waals surface area (Å²) in [5.41, 5.74) is 4.43. The van der Waals surface area contributed by atoms with Gasteiger partial charge < -0.3 is 0 Å². The van der Waals surface area contributed by atoms with Crippen molar-refractivity contribution < 1.29 is 0 Å². The molecule has 1 unspecified atom stereocenters. The molecule has 2 aromatic heterocycles. The lowest BCUT2D eigenvalue weighted by molar-refractivity contribution is 0.538. The average molecular weight is 283 g/mol. The third-order valence-electron chi connectivity index (χ3n) is 2.53. The van der Waals surface area contributed by atoms with E-state index in [9.17, 15) is 0 Å². The van der Waals surface area contributed by atoms with Gasteiger partial charge in [-0.25, -0.2) is 0 Å². The first-order valence-electron chi connectivity index (χ1n) is 5.36. The first-order valence-corrected chi connectivity index (χ1v) is 6.12. The lowest BCUT2D eigenvalue weighted by Gasteiger charge is -2.16. The van der Waals surface area contributed by atoms with Gasteiger partial charge in [-0.15, -0.1) is 0 Å². The van der Waals surface area contributed by atoms with E-state index in [1.165, 1.54) is 0 Å². The molecule has 2 aromatic rings. The molecular formula is C12H12Cl2N4. The van der Waals surface area contributed by atoms with Crippen molar-refractivity contribution in [3.05, 3.63) is 58.1 Å². The highest BCUT2D eigenvalue weighted by atomic mass is 35.5. The van der Waals surface area contributed by atoms with Gasteiger partial charge in [0.15, 0.2) is 0 Å². The average Bonchev–Trinajstić information content (AvgIpc) is 2.38. The third kappa shape index (κ3) is 3.17. The first kappa shape index (κ1) is 13.2. The zero-order valence-electron chi connectivity index (χ0n) is 9.48. The second-order valence-electron chi connectivity index (χ2n) is 3.81. The van der Waals surface area contributed by atoms with Crippen LogP contribution in [-0.4, -0.2) is 9.97 Å². The molecule has 4 nitrogen and oxygen atoms in total. The van der Waals surface area contributed by atoms with Gasteiger partial charge in [0.2, 0.25) is 0 Å². The normalized spacial score (nSPS) is 12.4. The SMILES string of the molecule is NNC(Cc1cccnc1)c1ncc(Cl)cc1Cl. The number of rotatable bonds is 4. The van der Waals surface area contributed by atoms with Crippen LogP contribution in [0.3, 0.4) is 0 Å². The lowest BCUT2D eigenvalue weighted by atomic mass is 10.0. The van der Waals surface area contributed by atoms with Crippen LogP contribution in [0.5, 0.6) is 0 Å². The molecule has 0 aliphatic heterocycles. The maximum atomic E-state index is 6.11. The number of aromatic nitrogens is 2. The monoisotopic (exact) mass is 282 g/mol. The van der Waals surface area contributed by atoms with Crippen molar-refractivity contribution >= 4 is 23.2 Å². The van der Waals surface area contributed by atoms with Crippen molar-refractivity contribution in [2.75, 3.05) is 0 Å². The van der Waals surface area contributed by atoms with Crippen LogP contribution in [-0.2, 0) is 6.42 Å². The third-order valence-corrected chi connectivity index (χ3v) is 3.04. The summed E-state index contributed by atoms with van der Waals surface area (Å²) in [4.78, 5) is 8.28. The Bertz CT molecular complexity index is 519. The van der Waals surface area contributed by atoms with Gasteiger partial charge in [-0.3, -0.25) is 21.2 Å². The second-order valence-corrected chi connectivity index (χ2v) is 4.65. The quantitative estimate of drug-likeness (QED) is 0.668. The van der Waals surface area contributed by atoms with Crippen molar-refractivity contribution in [3.8, 4) is 0 Å². The molecule has 0 bridgehead atoms. The van der Waals surface area contributed by atoms with Crippen LogP contribution in [0.4, 0.5) is 0 Å². The number of nitrogens with two attached hydrogens (primary N) is 1. The Morgan fingerprint density at radius 2 is 2.17 bits per heavy atom. The zero-order valence-corrected chi connectivity index (χ0v) is 11.0. The van der Waals surface area contributed by atoms with E-state index < -0.39 is 0 Å². The smallest absolute Gasteiger partial charge is 0.0777 e. The van der Waals surface area contributed by atoms with E-state index >= 15 is 0 Å². The highest BCUT2D eigenvalue weighted by molar-refractivity contribution is 6.34. The van der Waals surface area contributed by atoms with Crippen molar-refractivity contribution in [2.24, 2.45) is 5.84 Å². The number of hydrazine groups is 1. The highest BCUT2D eigenvalue weighted by Crippen LogP contribution is 2.25. The van der Waals surface area contributed by atoms with E-state index in [0.29, 0.717) is 22.2 Å². The molecule has 0 radical (unpaired) electrons. The van der Waals surface area contributed by atoms with Gasteiger partial charge in [-0.05, 0) is 24.1 Å². The molecule has 0 aromatic carbocycles. The summed E-state index contributed by atoms with van der Waals surface area (Å²) < 4.78 is 0. The van der Waals surface area contributed by atoms with Crippen LogP contribution in [0, 0.1) is 0 Å². The van der Waals surface area contributed by atoms with Crippen LogP contribution in [0.25, 0.3) is 0 Å². The van der Waals surface area contributed by atoms with Gasteiger partial charge in [-0.2, -0.15) is 0 Å². The van der Waals surface area contributed by atoms with Crippen LogP contribution in [0.15, 0.2) is 36.8 Å². The van der Waals surface area contributed by atoms with Crippen molar-refractivity contribution in [2.45, 2.75) is 12.5 Å². The maximum Gasteiger partial charge on any atom is 0.0777 e. The topological polar surface area (TPSA) is 63.8 Å². The number of hydrogen-bond acceptors (Lipinski definition) is 4. The molecule has 2 rings (SSSR count). The number of nitrogens with one attached hydrogen (secondary N) is 1. The lowest BCUT2D eigenvalue weighted by Crippen LogP contribution is -2.30. The van der Waals surface area contributed by atoms with Gasteiger partial charge >= 0.3 is 0 Å². The number of hydrogen-bond donors (Lipinski definition) is 2. The summed E-state index contributed by atoms with van der Waals surface area (Å²) >= 11 is 11.9. The van der Waals surface area contributed by atoms with Gasteiger partial charge in [-0.1, -0.05) is 29.3 Å². The summed E-state index contributed by atoms with van der Waals surface area (Å²) in [5.74, 6) is 5.56. The predicted molar refractivity (Wildman–Crippen MR) is 72.3 cm³/mol. The Morgan fingerprint density at radius 3 is 2.78 bits per heavy atom. The molecule has 0 saturated heterocycles. The first-order chi connectivity index (χ1) is 8.70. The Hall–Kier alpha value is -1.20. The molecule has 6 heteroatoms. The molecular weight excluding hydrogens is 271 g/mol. The van der Waals surface area contributed by atoms with Crippen LogP contribution >= 0.6 is 23.2 Å². The molecule has 94 valence electrons. The Labute approximate surface area is 115 Å². The van der Waals surface area contributed by atoms with Crippen molar-refractivity contribution in [3.63, 3.8) is 0 Å². The molecule has 18 heavy (non-hydrogen) atoms. The van der Waals surface area contributed by atoms with E-state index in [4.69, 9.17) is 29.0 Å². The summed E-state index contributed by atoms with van der Waals surface area (Å²) in [6, 6.07) is 5.32. The largest absolute Gasteiger partial charge is 0.271 e. The highest BCUT2D eigenvalue weighted by Gasteiger charge is 2.16. The molecule has 0 aliphatic carbocycles. The van der Waals surface area contributed by atoms with Crippen molar-refractivity contribution in [1.82, 2.24) is 15.4 Å². The van der Waals surface area contributed by atoms with E-state index in [-0.39, 0.29) is 6.04 Å². The molecule has 0 amide bonds. The fourth-order valence-electron chi connectivity index (χ4n) is 1.67. The predicted octanol–water partition coefficient (Wildman–Crippen LogP) is 2.53. The van der Waals surface area contributed by atoms with Crippen molar-refractivity contribution in [1.29, 1.82) is 0 Å². The van der Waals surface area contributed by atoms with E-state index in [2.05, 4.69) is 15.4 Å². The number of nitrogens with zero attached hydrogens (tertiary/aromatic N) is 2. The Morgan fingerprint density at radius 1 is 1.33 bits per heavy atom. The minimum Gasteiger partial charge on any atom is -0.271 e. The summed E-state index contributed by atoms with van der Waals surface area (Å²) in [5, 5.41) is 0.996. The minimum atomic E-state index is -0.182. The minimum absolute atomic E-state index is 0.182. The maximum absolute atomic E-state index is 6.11. The molecule has 3 N–H and O–H groups in total. The Kier molecular flexibility index (Phi) is 4.49. The molecule has 0 saturated carbocycles. The molecule has 0 aliphatic rings. The Balaban J connectivity index is 2.23. The number of halogens is 2. The summed E-state index contributed by atoms with van der Waals surface area (Å²) in [6.07, 6.45) is 5.71. The second kappa shape index (κ2) is 6.11. The standard InChI is InChI=1S/C12H12Cl2N4/c13-9-5-10(14)12(17-7-9)11(18-15)4-8-2-1-3-16-6-8/h1-3,5-7,11,18H,4,15H2. The van der Waals surface area contributed by atoms with Crippen LogP contribution < -0.4 is 11.3 Å². The summed E-state index contributed by atoms with van der Waals surface area (Å²) in [6.45, 7) is 0. The van der Waals surface area contributed by atoms with E-state index in [1.807, 2.05) is 12.1 Å². The summed E-state index contributed by atoms with van der Waals surface area (Å²) in [7, 11) is 0. The van der Waals surface area contributed by atoms with Gasteiger partial charge in [0.1, 0.15) is 0 Å². The van der Waals surface area contributed by atoms with E-state index in [0.717, 1.165) is 5.56 Å². The van der Waals surface area contributed by atoms with Crippen LogP contribution in [0.2, 0.25) is 10.0 Å².